The third-order valence-electron chi connectivity index (χ3n) is 2.48. The molecule has 15 heavy (non-hydrogen) atoms. The van der Waals surface area contributed by atoms with Crippen LogP contribution in [0.25, 0.3) is 5.70 Å². The van der Waals surface area contributed by atoms with Gasteiger partial charge in [0.2, 0.25) is 0 Å². The van der Waals surface area contributed by atoms with Crippen LogP contribution in [0.2, 0.25) is 0 Å². The second-order valence-corrected chi connectivity index (χ2v) is 5.38. The van der Waals surface area contributed by atoms with Crippen molar-refractivity contribution < 1.29 is 0 Å². The number of rotatable bonds is 1. The summed E-state index contributed by atoms with van der Waals surface area (Å²) in [6.07, 6.45) is 0. The minimum absolute atomic E-state index is 0.225. The average molecular weight is 220 g/mol. The van der Waals surface area contributed by atoms with Gasteiger partial charge in [0.05, 0.1) is 5.70 Å². The number of benzene rings is 1. The SMILES string of the molecule is CC(C)(C)c1ccc(C2=CSNN2)cc1. The maximum atomic E-state index is 3.11. The fraction of sp³-hybridized carbons (Fsp3) is 0.333. The van der Waals surface area contributed by atoms with Crippen molar-refractivity contribution in [2.24, 2.45) is 0 Å². The van der Waals surface area contributed by atoms with E-state index < -0.39 is 0 Å². The molecule has 0 radical (unpaired) electrons. The summed E-state index contributed by atoms with van der Waals surface area (Å²) in [4.78, 5) is 2.99. The summed E-state index contributed by atoms with van der Waals surface area (Å²) < 4.78 is 0. The number of hydrogen-bond donors (Lipinski definition) is 2. The molecule has 0 aromatic heterocycles. The average Bonchev–Trinajstić information content (AvgIpc) is 2.69. The molecule has 80 valence electrons. The van der Waals surface area contributed by atoms with Crippen molar-refractivity contribution in [3.05, 3.63) is 40.8 Å². The summed E-state index contributed by atoms with van der Waals surface area (Å²) in [6.45, 7) is 6.69. The van der Waals surface area contributed by atoms with Gasteiger partial charge in [-0.1, -0.05) is 45.0 Å². The highest BCUT2D eigenvalue weighted by Gasteiger charge is 2.13. The highest BCUT2D eigenvalue weighted by molar-refractivity contribution is 8.00. The Bertz CT molecular complexity index is 374. The summed E-state index contributed by atoms with van der Waals surface area (Å²) >= 11 is 1.56. The molecule has 2 N–H and O–H groups in total. The van der Waals surface area contributed by atoms with E-state index in [0.717, 1.165) is 5.70 Å². The van der Waals surface area contributed by atoms with Crippen LogP contribution >= 0.6 is 11.9 Å². The largest absolute Gasteiger partial charge is 0.310 e. The second kappa shape index (κ2) is 3.91. The minimum Gasteiger partial charge on any atom is -0.310 e. The summed E-state index contributed by atoms with van der Waals surface area (Å²) in [7, 11) is 0. The standard InChI is InChI=1S/C12H16N2S/c1-12(2,3)10-6-4-9(5-7-10)11-8-15-14-13-11/h4-8,13-14H,1-3H3. The molecule has 0 bridgehead atoms. The number of nitrogens with one attached hydrogen (secondary N) is 2. The van der Waals surface area contributed by atoms with Crippen LogP contribution in [0.1, 0.15) is 31.9 Å². The van der Waals surface area contributed by atoms with Gasteiger partial charge in [0, 0.05) is 5.41 Å². The predicted octanol–water partition coefficient (Wildman–Crippen LogP) is 3.04. The summed E-state index contributed by atoms with van der Waals surface area (Å²) in [6, 6.07) is 8.71. The smallest absolute Gasteiger partial charge is 0.0645 e. The van der Waals surface area contributed by atoms with E-state index >= 15 is 0 Å². The molecule has 1 aliphatic rings. The van der Waals surface area contributed by atoms with Crippen LogP contribution < -0.4 is 10.3 Å². The highest BCUT2D eigenvalue weighted by Crippen LogP contribution is 2.25. The fourth-order valence-corrected chi connectivity index (χ4v) is 2.03. The lowest BCUT2D eigenvalue weighted by Crippen LogP contribution is -2.17. The maximum Gasteiger partial charge on any atom is 0.0645 e. The van der Waals surface area contributed by atoms with Gasteiger partial charge in [-0.3, -0.25) is 0 Å². The molecule has 0 saturated heterocycles. The zero-order valence-corrected chi connectivity index (χ0v) is 10.1. The van der Waals surface area contributed by atoms with Gasteiger partial charge in [0.1, 0.15) is 0 Å². The van der Waals surface area contributed by atoms with E-state index in [0.29, 0.717) is 0 Å². The Morgan fingerprint density at radius 2 is 1.73 bits per heavy atom. The van der Waals surface area contributed by atoms with Gasteiger partial charge < -0.3 is 5.43 Å². The molecule has 0 unspecified atom stereocenters. The monoisotopic (exact) mass is 220 g/mol. The van der Waals surface area contributed by atoms with E-state index in [2.05, 4.69) is 60.7 Å². The molecule has 0 fully saturated rings. The zero-order chi connectivity index (χ0) is 10.9. The first-order chi connectivity index (χ1) is 7.07. The van der Waals surface area contributed by atoms with E-state index in [4.69, 9.17) is 0 Å². The van der Waals surface area contributed by atoms with Crippen molar-refractivity contribution in [1.82, 2.24) is 10.3 Å². The van der Waals surface area contributed by atoms with Crippen molar-refractivity contribution in [3.8, 4) is 0 Å². The molecule has 0 atom stereocenters. The van der Waals surface area contributed by atoms with Crippen LogP contribution in [0.3, 0.4) is 0 Å². The van der Waals surface area contributed by atoms with Crippen molar-refractivity contribution in [2.45, 2.75) is 26.2 Å². The Kier molecular flexibility index (Phi) is 2.76. The van der Waals surface area contributed by atoms with Gasteiger partial charge in [-0.05, 0) is 28.5 Å². The molecule has 2 nitrogen and oxygen atoms in total. The first-order valence-corrected chi connectivity index (χ1v) is 5.93. The Hall–Kier alpha value is -0.930. The van der Waals surface area contributed by atoms with E-state index in [1.807, 2.05) is 0 Å². The van der Waals surface area contributed by atoms with Crippen molar-refractivity contribution in [1.29, 1.82) is 0 Å². The lowest BCUT2D eigenvalue weighted by Gasteiger charge is -2.19. The molecule has 0 aliphatic carbocycles. The van der Waals surface area contributed by atoms with Crippen molar-refractivity contribution in [2.75, 3.05) is 0 Å². The maximum absolute atomic E-state index is 3.11. The van der Waals surface area contributed by atoms with Gasteiger partial charge in [-0.25, -0.2) is 0 Å². The molecule has 3 heteroatoms. The number of hydrogen-bond acceptors (Lipinski definition) is 3. The van der Waals surface area contributed by atoms with E-state index in [1.165, 1.54) is 11.1 Å². The van der Waals surface area contributed by atoms with E-state index in [-0.39, 0.29) is 5.41 Å². The van der Waals surface area contributed by atoms with Crippen LogP contribution in [0.15, 0.2) is 29.7 Å². The molecule has 1 heterocycles. The summed E-state index contributed by atoms with van der Waals surface area (Å²) in [5, 5.41) is 2.08. The zero-order valence-electron chi connectivity index (χ0n) is 9.29. The van der Waals surface area contributed by atoms with Gasteiger partial charge in [0.15, 0.2) is 0 Å². The lowest BCUT2D eigenvalue weighted by molar-refractivity contribution is 0.590. The third kappa shape index (κ3) is 2.36. The third-order valence-corrected chi connectivity index (χ3v) is 3.06. The Morgan fingerprint density at radius 3 is 2.20 bits per heavy atom. The first-order valence-electron chi connectivity index (χ1n) is 5.05. The Morgan fingerprint density at radius 1 is 1.07 bits per heavy atom. The molecule has 1 aromatic carbocycles. The highest BCUT2D eigenvalue weighted by atomic mass is 32.2. The van der Waals surface area contributed by atoms with E-state index in [9.17, 15) is 0 Å². The van der Waals surface area contributed by atoms with Crippen LogP contribution in [0.5, 0.6) is 0 Å². The quantitative estimate of drug-likeness (QED) is 0.711. The predicted molar refractivity (Wildman–Crippen MR) is 67.0 cm³/mol. The van der Waals surface area contributed by atoms with Crippen molar-refractivity contribution >= 4 is 17.6 Å². The molecule has 2 rings (SSSR count). The molecular formula is C12H16N2S. The van der Waals surface area contributed by atoms with Crippen molar-refractivity contribution in [3.63, 3.8) is 0 Å². The van der Waals surface area contributed by atoms with Gasteiger partial charge >= 0.3 is 0 Å². The lowest BCUT2D eigenvalue weighted by atomic mass is 9.86. The molecule has 1 aliphatic heterocycles. The molecule has 0 spiro atoms. The normalized spacial score (nSPS) is 16.1. The van der Waals surface area contributed by atoms with Crippen LogP contribution in [0.4, 0.5) is 0 Å². The van der Waals surface area contributed by atoms with Gasteiger partial charge in [-0.15, -0.1) is 0 Å². The fourth-order valence-electron chi connectivity index (χ4n) is 1.49. The Labute approximate surface area is 95.3 Å². The van der Waals surface area contributed by atoms with Crippen LogP contribution in [-0.2, 0) is 5.41 Å². The Balaban J connectivity index is 2.24. The number of hydrazine groups is 1. The van der Waals surface area contributed by atoms with E-state index in [1.54, 1.807) is 11.9 Å². The molecule has 0 amide bonds. The topological polar surface area (TPSA) is 24.1 Å². The van der Waals surface area contributed by atoms with Gasteiger partial charge in [0.25, 0.3) is 0 Å². The first kappa shape index (κ1) is 10.6. The molecule has 1 aromatic rings. The minimum atomic E-state index is 0.225. The molecular weight excluding hydrogens is 204 g/mol. The van der Waals surface area contributed by atoms with Crippen LogP contribution in [0, 0.1) is 0 Å². The van der Waals surface area contributed by atoms with Gasteiger partial charge in [-0.2, -0.15) is 4.83 Å². The van der Waals surface area contributed by atoms with Crippen LogP contribution in [-0.4, -0.2) is 0 Å². The molecule has 0 saturated carbocycles. The summed E-state index contributed by atoms with van der Waals surface area (Å²) in [5.41, 5.74) is 7.06. The summed E-state index contributed by atoms with van der Waals surface area (Å²) in [5.74, 6) is 0. The second-order valence-electron chi connectivity index (χ2n) is 4.70.